The molecule has 0 saturated carbocycles. The largest absolute Gasteiger partial charge is 0.442 e. The summed E-state index contributed by atoms with van der Waals surface area (Å²) in [7, 11) is 0. The summed E-state index contributed by atoms with van der Waals surface area (Å²) < 4.78 is 5.47. The van der Waals surface area contributed by atoms with Crippen molar-refractivity contribution >= 4 is 22.7 Å². The van der Waals surface area contributed by atoms with E-state index in [9.17, 15) is 4.79 Å². The number of ketones is 1. The first kappa shape index (κ1) is 13.5. The number of aromatic nitrogens is 2. The molecule has 0 fully saturated rings. The highest BCUT2D eigenvalue weighted by Crippen LogP contribution is 2.29. The number of aryl methyl sites for hydroxylation is 1. The van der Waals surface area contributed by atoms with Gasteiger partial charge in [0.1, 0.15) is 17.9 Å². The number of aliphatic hydroxyl groups is 1. The molecule has 19 heavy (non-hydrogen) atoms. The molecule has 6 nitrogen and oxygen atoms in total. The molecule has 0 aromatic carbocycles. The minimum Gasteiger partial charge on any atom is -0.442 e. The number of hydrogen-bond acceptors (Lipinski definition) is 6. The predicted octanol–water partition coefficient (Wildman–Crippen LogP) is 1.77. The van der Waals surface area contributed by atoms with Gasteiger partial charge in [-0.1, -0.05) is 6.92 Å². The van der Waals surface area contributed by atoms with Crippen LogP contribution in [0.15, 0.2) is 10.7 Å². The van der Waals surface area contributed by atoms with E-state index < -0.39 is 0 Å². The monoisotopic (exact) mass is 263 g/mol. The van der Waals surface area contributed by atoms with Crippen molar-refractivity contribution in [3.05, 3.63) is 17.7 Å². The van der Waals surface area contributed by atoms with Crippen molar-refractivity contribution in [2.75, 3.05) is 18.5 Å². The van der Waals surface area contributed by atoms with Gasteiger partial charge in [0.05, 0.1) is 10.9 Å². The van der Waals surface area contributed by atoms with Crippen molar-refractivity contribution in [2.45, 2.75) is 20.8 Å². The zero-order chi connectivity index (χ0) is 14.0. The van der Waals surface area contributed by atoms with Crippen LogP contribution in [0, 0.1) is 12.8 Å². The number of fused-ring (bicyclic) bond motifs is 1. The number of nitrogens with one attached hydrogen (secondary N) is 1. The Morgan fingerprint density at radius 1 is 1.53 bits per heavy atom. The van der Waals surface area contributed by atoms with Crippen LogP contribution in [0.1, 0.15) is 30.0 Å². The van der Waals surface area contributed by atoms with Gasteiger partial charge in [0.2, 0.25) is 5.71 Å². The first-order valence-corrected chi connectivity index (χ1v) is 6.14. The van der Waals surface area contributed by atoms with E-state index in [1.165, 1.54) is 13.3 Å². The molecule has 0 aliphatic heterocycles. The van der Waals surface area contributed by atoms with Gasteiger partial charge in [-0.2, -0.15) is 0 Å². The van der Waals surface area contributed by atoms with Gasteiger partial charge in [-0.15, -0.1) is 0 Å². The van der Waals surface area contributed by atoms with Crippen molar-refractivity contribution in [1.29, 1.82) is 0 Å². The Kier molecular flexibility index (Phi) is 3.80. The first-order valence-electron chi connectivity index (χ1n) is 6.14. The normalized spacial score (nSPS) is 12.6. The SMILES string of the molecule is CC(=O)c1c(C)oc2ncnc(NCC(C)CO)c12. The molecule has 0 aliphatic carbocycles. The number of Topliss-reactive ketones (excluding diaryl/α,β-unsaturated/α-hetero) is 1. The van der Waals surface area contributed by atoms with E-state index in [1.54, 1.807) is 6.92 Å². The number of rotatable bonds is 5. The number of carbonyl (C=O) groups excluding carboxylic acids is 1. The Labute approximate surface area is 110 Å². The van der Waals surface area contributed by atoms with Crippen LogP contribution in [0.3, 0.4) is 0 Å². The van der Waals surface area contributed by atoms with E-state index in [2.05, 4.69) is 15.3 Å². The van der Waals surface area contributed by atoms with Gasteiger partial charge < -0.3 is 14.8 Å². The number of carbonyl (C=O) groups is 1. The lowest BCUT2D eigenvalue weighted by Crippen LogP contribution is -2.15. The summed E-state index contributed by atoms with van der Waals surface area (Å²) in [6.45, 7) is 5.79. The highest BCUT2D eigenvalue weighted by Gasteiger charge is 2.19. The van der Waals surface area contributed by atoms with Gasteiger partial charge in [-0.3, -0.25) is 4.79 Å². The third kappa shape index (κ3) is 2.58. The number of nitrogens with zero attached hydrogens (tertiary/aromatic N) is 2. The van der Waals surface area contributed by atoms with Crippen molar-refractivity contribution in [3.63, 3.8) is 0 Å². The predicted molar refractivity (Wildman–Crippen MR) is 71.3 cm³/mol. The van der Waals surface area contributed by atoms with Crippen molar-refractivity contribution < 1.29 is 14.3 Å². The van der Waals surface area contributed by atoms with Crippen LogP contribution in [0.4, 0.5) is 5.82 Å². The van der Waals surface area contributed by atoms with Crippen LogP contribution < -0.4 is 5.32 Å². The van der Waals surface area contributed by atoms with Crippen LogP contribution in [0.25, 0.3) is 11.1 Å². The quantitative estimate of drug-likeness (QED) is 0.799. The Balaban J connectivity index is 2.46. The number of furan rings is 1. The molecule has 0 bridgehead atoms. The lowest BCUT2D eigenvalue weighted by Gasteiger charge is -2.10. The minimum atomic E-state index is -0.0793. The fraction of sp³-hybridized carbons (Fsp3) is 0.462. The fourth-order valence-electron chi connectivity index (χ4n) is 1.94. The van der Waals surface area contributed by atoms with E-state index in [0.29, 0.717) is 34.8 Å². The first-order chi connectivity index (χ1) is 9.04. The standard InChI is InChI=1S/C13H17N3O3/c1-7(5-17)4-14-12-11-10(8(2)18)9(3)19-13(11)16-6-15-12/h6-7,17H,4-5H2,1-3H3,(H,14,15,16). The topological polar surface area (TPSA) is 88.2 Å². The van der Waals surface area contributed by atoms with E-state index >= 15 is 0 Å². The van der Waals surface area contributed by atoms with Gasteiger partial charge in [-0.25, -0.2) is 9.97 Å². The maximum atomic E-state index is 11.7. The summed E-state index contributed by atoms with van der Waals surface area (Å²) in [5, 5.41) is 12.8. The second-order valence-electron chi connectivity index (χ2n) is 4.66. The van der Waals surface area contributed by atoms with E-state index in [4.69, 9.17) is 9.52 Å². The van der Waals surface area contributed by atoms with E-state index in [-0.39, 0.29) is 18.3 Å². The van der Waals surface area contributed by atoms with Crippen LogP contribution in [-0.4, -0.2) is 34.0 Å². The Hall–Kier alpha value is -1.95. The molecule has 2 aromatic heterocycles. The number of aliphatic hydroxyl groups excluding tert-OH is 1. The van der Waals surface area contributed by atoms with Crippen LogP contribution in [0.5, 0.6) is 0 Å². The molecular weight excluding hydrogens is 246 g/mol. The Bertz CT molecular complexity index is 606. The molecule has 0 radical (unpaired) electrons. The smallest absolute Gasteiger partial charge is 0.232 e. The second kappa shape index (κ2) is 5.36. The van der Waals surface area contributed by atoms with E-state index in [1.807, 2.05) is 6.92 Å². The maximum Gasteiger partial charge on any atom is 0.232 e. The summed E-state index contributed by atoms with van der Waals surface area (Å²) in [6, 6.07) is 0. The third-order valence-corrected chi connectivity index (χ3v) is 2.95. The van der Waals surface area contributed by atoms with Gasteiger partial charge in [-0.05, 0) is 19.8 Å². The van der Waals surface area contributed by atoms with Gasteiger partial charge in [0.15, 0.2) is 5.78 Å². The lowest BCUT2D eigenvalue weighted by atomic mass is 10.1. The van der Waals surface area contributed by atoms with Gasteiger partial charge in [0, 0.05) is 13.2 Å². The second-order valence-corrected chi connectivity index (χ2v) is 4.66. The molecule has 1 atom stereocenters. The molecule has 0 aliphatic rings. The molecule has 102 valence electrons. The number of hydrogen-bond donors (Lipinski definition) is 2. The Morgan fingerprint density at radius 2 is 2.26 bits per heavy atom. The molecule has 2 rings (SSSR count). The highest BCUT2D eigenvalue weighted by molar-refractivity contribution is 6.09. The summed E-state index contributed by atoms with van der Waals surface area (Å²) >= 11 is 0. The van der Waals surface area contributed by atoms with Gasteiger partial charge >= 0.3 is 0 Å². The zero-order valence-corrected chi connectivity index (χ0v) is 11.2. The van der Waals surface area contributed by atoms with Crippen LogP contribution >= 0.6 is 0 Å². The molecule has 0 spiro atoms. The van der Waals surface area contributed by atoms with E-state index in [0.717, 1.165) is 0 Å². The van der Waals surface area contributed by atoms with Crippen LogP contribution in [0.2, 0.25) is 0 Å². The summed E-state index contributed by atoms with van der Waals surface area (Å²) in [6.07, 6.45) is 1.39. The molecule has 2 N–H and O–H groups in total. The highest BCUT2D eigenvalue weighted by atomic mass is 16.3. The average molecular weight is 263 g/mol. The molecule has 0 amide bonds. The third-order valence-electron chi connectivity index (χ3n) is 2.95. The Morgan fingerprint density at radius 3 is 2.89 bits per heavy atom. The summed E-state index contributed by atoms with van der Waals surface area (Å²) in [5.74, 6) is 1.12. The molecule has 1 unspecified atom stereocenters. The minimum absolute atomic E-state index is 0.0793. The molecule has 6 heteroatoms. The summed E-state index contributed by atoms with van der Waals surface area (Å²) in [4.78, 5) is 19.9. The zero-order valence-electron chi connectivity index (χ0n) is 11.2. The maximum absolute atomic E-state index is 11.7. The molecular formula is C13H17N3O3. The van der Waals surface area contributed by atoms with Crippen molar-refractivity contribution in [3.8, 4) is 0 Å². The average Bonchev–Trinajstić information content (AvgIpc) is 2.72. The van der Waals surface area contributed by atoms with Crippen LogP contribution in [-0.2, 0) is 0 Å². The van der Waals surface area contributed by atoms with Gasteiger partial charge in [0.25, 0.3) is 0 Å². The molecule has 2 heterocycles. The van der Waals surface area contributed by atoms with Crippen molar-refractivity contribution in [2.24, 2.45) is 5.92 Å². The lowest BCUT2D eigenvalue weighted by molar-refractivity contribution is 0.101. The fourth-order valence-corrected chi connectivity index (χ4v) is 1.94. The summed E-state index contributed by atoms with van der Waals surface area (Å²) in [5.41, 5.74) is 0.909. The number of anilines is 1. The molecule has 2 aromatic rings. The van der Waals surface area contributed by atoms with Crippen molar-refractivity contribution in [1.82, 2.24) is 9.97 Å². The molecule has 0 saturated heterocycles.